The summed E-state index contributed by atoms with van der Waals surface area (Å²) in [4.78, 5) is 4.25. The van der Waals surface area contributed by atoms with E-state index in [-0.39, 0.29) is 6.61 Å². The van der Waals surface area contributed by atoms with Gasteiger partial charge in [-0.05, 0) is 43.5 Å². The molecule has 2 rings (SSSR count). The molecule has 1 aromatic carbocycles. The molecule has 0 bridgehead atoms. The number of hydrogen-bond donors (Lipinski definition) is 1. The van der Waals surface area contributed by atoms with Gasteiger partial charge in [0.15, 0.2) is 12.4 Å². The van der Waals surface area contributed by atoms with Gasteiger partial charge < -0.3 is 15.0 Å². The van der Waals surface area contributed by atoms with Gasteiger partial charge in [0.25, 0.3) is 5.89 Å². The number of nitrogens with two attached hydrogens (primary N) is 1. The molecule has 2 aromatic rings. The molecule has 1 aromatic heterocycles. The standard InChI is InChI=1S/C15H20BrN3O2/c1-9(2)11-7-10(16)5-6-12(11)20-8-13-18-14(19-21-13)15(3,4)17/h5-7,9H,8,17H2,1-4H3. The number of halogens is 1. The SMILES string of the molecule is CC(C)c1cc(Br)ccc1OCc1nc(C(C)(C)N)no1. The molecule has 0 amide bonds. The number of aromatic nitrogens is 2. The third-order valence-electron chi connectivity index (χ3n) is 2.99. The Morgan fingerprint density at radius 2 is 2.10 bits per heavy atom. The number of rotatable bonds is 5. The van der Waals surface area contributed by atoms with E-state index >= 15 is 0 Å². The highest BCUT2D eigenvalue weighted by molar-refractivity contribution is 9.10. The topological polar surface area (TPSA) is 74.2 Å². The molecular weight excluding hydrogens is 334 g/mol. The fourth-order valence-electron chi connectivity index (χ4n) is 1.82. The monoisotopic (exact) mass is 353 g/mol. The van der Waals surface area contributed by atoms with E-state index in [1.54, 1.807) is 0 Å². The third-order valence-corrected chi connectivity index (χ3v) is 3.48. The first-order valence-corrected chi connectivity index (χ1v) is 7.61. The fraction of sp³-hybridized carbons (Fsp3) is 0.467. The van der Waals surface area contributed by atoms with Crippen LogP contribution in [-0.2, 0) is 12.1 Å². The van der Waals surface area contributed by atoms with Crippen molar-refractivity contribution in [2.45, 2.75) is 45.8 Å². The summed E-state index contributed by atoms with van der Waals surface area (Å²) in [7, 11) is 0. The normalized spacial score (nSPS) is 12.0. The zero-order valence-electron chi connectivity index (χ0n) is 12.7. The van der Waals surface area contributed by atoms with Crippen molar-refractivity contribution < 1.29 is 9.26 Å². The average Bonchev–Trinajstić information content (AvgIpc) is 2.85. The molecule has 5 nitrogen and oxygen atoms in total. The van der Waals surface area contributed by atoms with E-state index in [0.29, 0.717) is 17.6 Å². The van der Waals surface area contributed by atoms with Gasteiger partial charge in [0.1, 0.15) is 5.75 Å². The van der Waals surface area contributed by atoms with Crippen molar-refractivity contribution in [3.8, 4) is 5.75 Å². The summed E-state index contributed by atoms with van der Waals surface area (Å²) in [6.45, 7) is 8.12. The van der Waals surface area contributed by atoms with Crippen LogP contribution in [-0.4, -0.2) is 10.1 Å². The van der Waals surface area contributed by atoms with Crippen LogP contribution in [0.1, 0.15) is 50.9 Å². The first kappa shape index (κ1) is 16.0. The molecule has 6 heteroatoms. The number of ether oxygens (including phenoxy) is 1. The lowest BCUT2D eigenvalue weighted by Crippen LogP contribution is -2.30. The van der Waals surface area contributed by atoms with Crippen LogP contribution in [0.2, 0.25) is 0 Å². The van der Waals surface area contributed by atoms with Crippen LogP contribution >= 0.6 is 15.9 Å². The van der Waals surface area contributed by atoms with Crippen LogP contribution in [0.3, 0.4) is 0 Å². The molecule has 114 valence electrons. The van der Waals surface area contributed by atoms with E-state index in [2.05, 4.69) is 46.0 Å². The minimum atomic E-state index is -0.623. The smallest absolute Gasteiger partial charge is 0.264 e. The zero-order chi connectivity index (χ0) is 15.6. The molecule has 0 fully saturated rings. The Labute approximate surface area is 133 Å². The van der Waals surface area contributed by atoms with E-state index in [4.69, 9.17) is 15.0 Å². The van der Waals surface area contributed by atoms with Crippen molar-refractivity contribution in [2.75, 3.05) is 0 Å². The van der Waals surface area contributed by atoms with Gasteiger partial charge in [-0.2, -0.15) is 4.98 Å². The molecule has 21 heavy (non-hydrogen) atoms. The van der Waals surface area contributed by atoms with Crippen LogP contribution in [0, 0.1) is 0 Å². The van der Waals surface area contributed by atoms with Gasteiger partial charge in [-0.25, -0.2) is 0 Å². The zero-order valence-corrected chi connectivity index (χ0v) is 14.3. The first-order chi connectivity index (χ1) is 9.77. The van der Waals surface area contributed by atoms with Gasteiger partial charge in [-0.3, -0.25) is 0 Å². The molecule has 0 atom stereocenters. The summed E-state index contributed by atoms with van der Waals surface area (Å²) in [6.07, 6.45) is 0. The fourth-order valence-corrected chi connectivity index (χ4v) is 2.20. The lowest BCUT2D eigenvalue weighted by molar-refractivity contribution is 0.239. The molecule has 0 aliphatic rings. The maximum Gasteiger partial charge on any atom is 0.264 e. The van der Waals surface area contributed by atoms with Crippen molar-refractivity contribution in [2.24, 2.45) is 5.73 Å². The van der Waals surface area contributed by atoms with Gasteiger partial charge >= 0.3 is 0 Å². The lowest BCUT2D eigenvalue weighted by atomic mass is 10.0. The van der Waals surface area contributed by atoms with Gasteiger partial charge in [-0.1, -0.05) is 34.9 Å². The molecule has 0 radical (unpaired) electrons. The number of benzene rings is 1. The van der Waals surface area contributed by atoms with Crippen molar-refractivity contribution >= 4 is 15.9 Å². The van der Waals surface area contributed by atoms with Crippen LogP contribution in [0.4, 0.5) is 0 Å². The summed E-state index contributed by atoms with van der Waals surface area (Å²) in [5, 5.41) is 3.87. The molecular formula is C15H20BrN3O2. The second-order valence-electron chi connectivity index (χ2n) is 5.86. The highest BCUT2D eigenvalue weighted by Gasteiger charge is 2.21. The van der Waals surface area contributed by atoms with Gasteiger partial charge in [0.2, 0.25) is 0 Å². The summed E-state index contributed by atoms with van der Waals surface area (Å²) in [5.41, 5.74) is 6.43. The number of hydrogen-bond acceptors (Lipinski definition) is 5. The Hall–Kier alpha value is -1.40. The minimum absolute atomic E-state index is 0.227. The lowest BCUT2D eigenvalue weighted by Gasteiger charge is -2.13. The maximum atomic E-state index is 5.93. The van der Waals surface area contributed by atoms with Crippen molar-refractivity contribution in [3.05, 3.63) is 40.0 Å². The van der Waals surface area contributed by atoms with Crippen LogP contribution in [0.15, 0.2) is 27.2 Å². The molecule has 2 N–H and O–H groups in total. The largest absolute Gasteiger partial charge is 0.483 e. The highest BCUT2D eigenvalue weighted by Crippen LogP contribution is 2.30. The van der Waals surface area contributed by atoms with Crippen molar-refractivity contribution in [1.29, 1.82) is 0 Å². The number of nitrogens with zero attached hydrogens (tertiary/aromatic N) is 2. The molecule has 1 heterocycles. The molecule has 0 aliphatic carbocycles. The van der Waals surface area contributed by atoms with E-state index in [9.17, 15) is 0 Å². The predicted molar refractivity (Wildman–Crippen MR) is 84.1 cm³/mol. The second-order valence-corrected chi connectivity index (χ2v) is 6.77. The summed E-state index contributed by atoms with van der Waals surface area (Å²) < 4.78 is 12.0. The van der Waals surface area contributed by atoms with Gasteiger partial charge in [0, 0.05) is 4.47 Å². The Morgan fingerprint density at radius 1 is 1.38 bits per heavy atom. The molecule has 0 saturated heterocycles. The van der Waals surface area contributed by atoms with Gasteiger partial charge in [-0.15, -0.1) is 0 Å². The predicted octanol–water partition coefficient (Wildman–Crippen LogP) is 3.73. The van der Waals surface area contributed by atoms with E-state index in [0.717, 1.165) is 15.8 Å². The van der Waals surface area contributed by atoms with Crippen molar-refractivity contribution in [3.63, 3.8) is 0 Å². The second kappa shape index (κ2) is 6.15. The Kier molecular flexibility index (Phi) is 4.68. The quantitative estimate of drug-likeness (QED) is 0.886. The maximum absolute atomic E-state index is 5.93. The van der Waals surface area contributed by atoms with Gasteiger partial charge in [0.05, 0.1) is 5.54 Å². The minimum Gasteiger partial charge on any atom is -0.483 e. The Balaban J connectivity index is 2.12. The summed E-state index contributed by atoms with van der Waals surface area (Å²) in [6, 6.07) is 5.94. The van der Waals surface area contributed by atoms with E-state index < -0.39 is 5.54 Å². The summed E-state index contributed by atoms with van der Waals surface area (Å²) >= 11 is 3.48. The van der Waals surface area contributed by atoms with Crippen LogP contribution in [0.5, 0.6) is 5.75 Å². The highest BCUT2D eigenvalue weighted by atomic mass is 79.9. The third kappa shape index (κ3) is 4.04. The first-order valence-electron chi connectivity index (χ1n) is 6.81. The van der Waals surface area contributed by atoms with Crippen LogP contribution in [0.25, 0.3) is 0 Å². The summed E-state index contributed by atoms with van der Waals surface area (Å²) in [5.74, 6) is 2.07. The molecule has 0 saturated carbocycles. The molecule has 0 unspecified atom stereocenters. The average molecular weight is 354 g/mol. The van der Waals surface area contributed by atoms with Crippen LogP contribution < -0.4 is 10.5 Å². The van der Waals surface area contributed by atoms with E-state index in [1.807, 2.05) is 26.0 Å². The Morgan fingerprint density at radius 3 is 2.67 bits per heavy atom. The molecule has 0 spiro atoms. The van der Waals surface area contributed by atoms with E-state index in [1.165, 1.54) is 0 Å². The van der Waals surface area contributed by atoms with Crippen molar-refractivity contribution in [1.82, 2.24) is 10.1 Å². The molecule has 0 aliphatic heterocycles. The Bertz CT molecular complexity index is 618.